The van der Waals surface area contributed by atoms with Crippen molar-refractivity contribution in [3.05, 3.63) is 70.2 Å². The van der Waals surface area contributed by atoms with Crippen molar-refractivity contribution in [2.45, 2.75) is 6.42 Å². The van der Waals surface area contributed by atoms with Crippen LogP contribution in [-0.4, -0.2) is 12.5 Å². The fourth-order valence-corrected chi connectivity index (χ4v) is 2.01. The second-order valence-corrected chi connectivity index (χ2v) is 4.73. The number of carbonyl (C=O) groups is 1. The first-order chi connectivity index (χ1) is 9.54. The lowest BCUT2D eigenvalue weighted by Crippen LogP contribution is -2.25. The molecule has 104 valence electrons. The van der Waals surface area contributed by atoms with Crippen LogP contribution in [0.25, 0.3) is 0 Å². The molecule has 0 heterocycles. The molecule has 0 spiro atoms. The molecule has 0 radical (unpaired) electrons. The summed E-state index contributed by atoms with van der Waals surface area (Å²) in [7, 11) is 0. The minimum atomic E-state index is -0.773. The molecule has 1 N–H and O–H groups in total. The molecule has 0 fully saturated rings. The van der Waals surface area contributed by atoms with Gasteiger partial charge in [0.25, 0.3) is 5.91 Å². The van der Waals surface area contributed by atoms with E-state index in [-0.39, 0.29) is 5.56 Å². The van der Waals surface area contributed by atoms with Gasteiger partial charge in [-0.3, -0.25) is 4.79 Å². The third-order valence-electron chi connectivity index (χ3n) is 2.71. The summed E-state index contributed by atoms with van der Waals surface area (Å²) in [5.41, 5.74) is 0.941. The van der Waals surface area contributed by atoms with E-state index >= 15 is 0 Å². The number of benzene rings is 2. The van der Waals surface area contributed by atoms with E-state index in [2.05, 4.69) is 5.32 Å². The zero-order chi connectivity index (χ0) is 14.5. The first kappa shape index (κ1) is 14.5. The number of hydrogen-bond acceptors (Lipinski definition) is 1. The second-order valence-electron chi connectivity index (χ2n) is 4.29. The maximum Gasteiger partial charge on any atom is 0.251 e. The Balaban J connectivity index is 1.92. The molecule has 0 atom stereocenters. The van der Waals surface area contributed by atoms with Gasteiger partial charge in [-0.15, -0.1) is 0 Å². The summed E-state index contributed by atoms with van der Waals surface area (Å²) < 4.78 is 26.0. The molecule has 2 aromatic rings. The summed E-state index contributed by atoms with van der Waals surface area (Å²) in [4.78, 5) is 11.7. The standard InChI is InChI=1S/C15H12ClF2NO/c16-12-3-1-2-10(6-12)4-5-19-15(20)11-7-13(17)9-14(18)8-11/h1-3,6-9H,4-5H2,(H,19,20). The number of carbonyl (C=O) groups excluding carboxylic acids is 1. The van der Waals surface area contributed by atoms with Gasteiger partial charge in [0.05, 0.1) is 0 Å². The van der Waals surface area contributed by atoms with Crippen molar-refractivity contribution in [3.63, 3.8) is 0 Å². The molecule has 2 nitrogen and oxygen atoms in total. The van der Waals surface area contributed by atoms with Crippen molar-refractivity contribution >= 4 is 17.5 Å². The normalized spacial score (nSPS) is 10.3. The van der Waals surface area contributed by atoms with E-state index in [0.29, 0.717) is 18.0 Å². The Bertz CT molecular complexity index is 611. The van der Waals surface area contributed by atoms with Crippen LogP contribution in [0.4, 0.5) is 8.78 Å². The van der Waals surface area contributed by atoms with Crippen molar-refractivity contribution in [1.29, 1.82) is 0 Å². The Morgan fingerprint density at radius 2 is 1.80 bits per heavy atom. The molecule has 0 unspecified atom stereocenters. The zero-order valence-corrected chi connectivity index (χ0v) is 11.3. The third-order valence-corrected chi connectivity index (χ3v) is 2.95. The summed E-state index contributed by atoms with van der Waals surface area (Å²) in [6.07, 6.45) is 0.587. The molecule has 0 aliphatic rings. The van der Waals surface area contributed by atoms with Gasteiger partial charge < -0.3 is 5.32 Å². The van der Waals surface area contributed by atoms with Gasteiger partial charge in [-0.25, -0.2) is 8.78 Å². The Kier molecular flexibility index (Phi) is 4.69. The van der Waals surface area contributed by atoms with Crippen LogP contribution in [0.1, 0.15) is 15.9 Å². The fourth-order valence-electron chi connectivity index (χ4n) is 1.80. The molecule has 0 aromatic heterocycles. The van der Waals surface area contributed by atoms with Crippen molar-refractivity contribution in [2.24, 2.45) is 0 Å². The van der Waals surface area contributed by atoms with Crippen LogP contribution in [0, 0.1) is 11.6 Å². The molecule has 1 amide bonds. The van der Waals surface area contributed by atoms with Crippen molar-refractivity contribution in [3.8, 4) is 0 Å². The Labute approximate surface area is 120 Å². The average molecular weight is 296 g/mol. The highest BCUT2D eigenvalue weighted by Crippen LogP contribution is 2.11. The topological polar surface area (TPSA) is 29.1 Å². The number of halogens is 3. The summed E-state index contributed by atoms with van der Waals surface area (Å²) in [5, 5.41) is 3.23. The molecule has 0 bridgehead atoms. The molecule has 2 aromatic carbocycles. The maximum atomic E-state index is 13.0. The number of amides is 1. The lowest BCUT2D eigenvalue weighted by molar-refractivity contribution is 0.0953. The van der Waals surface area contributed by atoms with Crippen molar-refractivity contribution in [2.75, 3.05) is 6.54 Å². The summed E-state index contributed by atoms with van der Waals surface area (Å²) in [6, 6.07) is 9.99. The minimum absolute atomic E-state index is 0.0337. The van der Waals surface area contributed by atoms with Crippen LogP contribution in [-0.2, 0) is 6.42 Å². The van der Waals surface area contributed by atoms with E-state index in [1.54, 1.807) is 12.1 Å². The van der Waals surface area contributed by atoms with Crippen molar-refractivity contribution < 1.29 is 13.6 Å². The first-order valence-electron chi connectivity index (χ1n) is 6.03. The van der Waals surface area contributed by atoms with E-state index in [9.17, 15) is 13.6 Å². The Hall–Kier alpha value is -1.94. The summed E-state index contributed by atoms with van der Waals surface area (Å²) in [6.45, 7) is 0.358. The second kappa shape index (κ2) is 6.48. The SMILES string of the molecule is O=C(NCCc1cccc(Cl)c1)c1cc(F)cc(F)c1. The van der Waals surface area contributed by atoms with Crippen LogP contribution in [0.15, 0.2) is 42.5 Å². The first-order valence-corrected chi connectivity index (χ1v) is 6.41. The monoisotopic (exact) mass is 295 g/mol. The van der Waals surface area contributed by atoms with Crippen LogP contribution < -0.4 is 5.32 Å². The molecule has 0 aliphatic heterocycles. The van der Waals surface area contributed by atoms with Crippen LogP contribution in [0.2, 0.25) is 5.02 Å². The van der Waals surface area contributed by atoms with E-state index in [1.165, 1.54) is 0 Å². The Morgan fingerprint density at radius 3 is 2.45 bits per heavy atom. The maximum absolute atomic E-state index is 13.0. The highest BCUT2D eigenvalue weighted by Gasteiger charge is 2.08. The Morgan fingerprint density at radius 1 is 1.10 bits per heavy atom. The van der Waals surface area contributed by atoms with Gasteiger partial charge in [0.15, 0.2) is 0 Å². The average Bonchev–Trinajstić information content (AvgIpc) is 2.37. The van der Waals surface area contributed by atoms with Crippen LogP contribution in [0.3, 0.4) is 0 Å². The van der Waals surface area contributed by atoms with Gasteiger partial charge >= 0.3 is 0 Å². The number of rotatable bonds is 4. The molecular formula is C15H12ClF2NO. The van der Waals surface area contributed by atoms with E-state index < -0.39 is 17.5 Å². The smallest absolute Gasteiger partial charge is 0.251 e. The van der Waals surface area contributed by atoms with Gasteiger partial charge in [0, 0.05) is 23.2 Å². The molecular weight excluding hydrogens is 284 g/mol. The van der Waals surface area contributed by atoms with Gasteiger partial charge in [-0.05, 0) is 36.2 Å². The highest BCUT2D eigenvalue weighted by molar-refractivity contribution is 6.30. The third kappa shape index (κ3) is 4.03. The highest BCUT2D eigenvalue weighted by atomic mass is 35.5. The van der Waals surface area contributed by atoms with Gasteiger partial charge in [0.2, 0.25) is 0 Å². The van der Waals surface area contributed by atoms with Gasteiger partial charge in [0.1, 0.15) is 11.6 Å². The zero-order valence-electron chi connectivity index (χ0n) is 10.5. The van der Waals surface area contributed by atoms with Crippen molar-refractivity contribution in [1.82, 2.24) is 5.32 Å². The van der Waals surface area contributed by atoms with Crippen LogP contribution >= 0.6 is 11.6 Å². The molecule has 0 aliphatic carbocycles. The predicted molar refractivity (Wildman–Crippen MR) is 73.8 cm³/mol. The lowest BCUT2D eigenvalue weighted by atomic mass is 10.1. The van der Waals surface area contributed by atoms with Gasteiger partial charge in [-0.1, -0.05) is 23.7 Å². The quantitative estimate of drug-likeness (QED) is 0.917. The van der Waals surface area contributed by atoms with E-state index in [4.69, 9.17) is 11.6 Å². The molecule has 5 heteroatoms. The fraction of sp³-hybridized carbons (Fsp3) is 0.133. The number of hydrogen-bond donors (Lipinski definition) is 1. The summed E-state index contributed by atoms with van der Waals surface area (Å²) in [5.74, 6) is -2.06. The van der Waals surface area contributed by atoms with Crippen LogP contribution in [0.5, 0.6) is 0 Å². The molecule has 0 saturated heterocycles. The number of nitrogens with one attached hydrogen (secondary N) is 1. The van der Waals surface area contributed by atoms with E-state index in [0.717, 1.165) is 23.8 Å². The van der Waals surface area contributed by atoms with E-state index in [1.807, 2.05) is 12.1 Å². The molecule has 0 saturated carbocycles. The minimum Gasteiger partial charge on any atom is -0.352 e. The van der Waals surface area contributed by atoms with Gasteiger partial charge in [-0.2, -0.15) is 0 Å². The lowest BCUT2D eigenvalue weighted by Gasteiger charge is -2.06. The molecule has 20 heavy (non-hydrogen) atoms. The summed E-state index contributed by atoms with van der Waals surface area (Å²) >= 11 is 5.85. The molecule has 2 rings (SSSR count). The largest absolute Gasteiger partial charge is 0.352 e. The predicted octanol–water partition coefficient (Wildman–Crippen LogP) is 3.59.